The molecule has 4 atom stereocenters. The number of carbonyl (C=O) groups is 1. The van der Waals surface area contributed by atoms with E-state index in [-0.39, 0.29) is 41.4 Å². The van der Waals surface area contributed by atoms with E-state index in [0.29, 0.717) is 32.7 Å². The van der Waals surface area contributed by atoms with Gasteiger partial charge in [0.1, 0.15) is 23.3 Å². The molecule has 1 aromatic rings. The Kier molecular flexibility index (Phi) is 4.83. The van der Waals surface area contributed by atoms with E-state index in [4.69, 9.17) is 4.74 Å². The van der Waals surface area contributed by atoms with Gasteiger partial charge in [0.15, 0.2) is 0 Å². The number of halogens is 3. The minimum absolute atomic E-state index is 0.0619. The van der Waals surface area contributed by atoms with Crippen LogP contribution in [-0.2, 0) is 15.7 Å². The average molecular weight is 408 g/mol. The van der Waals surface area contributed by atoms with Gasteiger partial charge in [0.25, 0.3) is 0 Å². The van der Waals surface area contributed by atoms with Crippen molar-refractivity contribution in [3.05, 3.63) is 17.2 Å². The molecule has 2 aliphatic heterocycles. The lowest BCUT2D eigenvalue weighted by atomic mass is 10.0. The van der Waals surface area contributed by atoms with Crippen molar-refractivity contribution in [2.45, 2.75) is 38.9 Å². The molecule has 0 N–H and O–H groups in total. The van der Waals surface area contributed by atoms with Gasteiger partial charge in [-0.25, -0.2) is 4.98 Å². The summed E-state index contributed by atoms with van der Waals surface area (Å²) in [5.41, 5.74) is -1.33. The van der Waals surface area contributed by atoms with Gasteiger partial charge in [0.05, 0.1) is 12.2 Å². The number of piperidine rings is 1. The Morgan fingerprint density at radius 3 is 2.55 bits per heavy atom. The molecule has 3 fully saturated rings. The summed E-state index contributed by atoms with van der Waals surface area (Å²) in [4.78, 5) is 19.8. The van der Waals surface area contributed by atoms with Gasteiger partial charge in [-0.05, 0) is 44.1 Å². The zero-order chi connectivity index (χ0) is 20.9. The summed E-state index contributed by atoms with van der Waals surface area (Å²) in [6.45, 7) is 5.76. The predicted octanol–water partition coefficient (Wildman–Crippen LogP) is 3.21. The number of alkyl halides is 3. The minimum Gasteiger partial charge on any atom is -0.466 e. The van der Waals surface area contributed by atoms with Gasteiger partial charge in [-0.15, -0.1) is 0 Å². The second-order valence-electron chi connectivity index (χ2n) is 8.07. The molecule has 2 saturated heterocycles. The van der Waals surface area contributed by atoms with Crippen molar-refractivity contribution in [1.82, 2.24) is 4.98 Å². The number of esters is 1. The van der Waals surface area contributed by atoms with E-state index in [1.165, 1.54) is 0 Å². The number of ether oxygens (including phenoxy) is 1. The fourth-order valence-electron chi connectivity index (χ4n) is 4.60. The number of nitriles is 1. The maximum Gasteiger partial charge on any atom is 0.417 e. The summed E-state index contributed by atoms with van der Waals surface area (Å²) >= 11 is 0. The summed E-state index contributed by atoms with van der Waals surface area (Å²) < 4.78 is 46.0. The molecule has 6 nitrogen and oxygen atoms in total. The number of fused-ring (bicyclic) bond motifs is 1. The molecule has 1 saturated carbocycles. The van der Waals surface area contributed by atoms with Crippen molar-refractivity contribution >= 4 is 17.6 Å². The van der Waals surface area contributed by atoms with Crippen molar-refractivity contribution in [3.63, 3.8) is 0 Å². The first kappa shape index (κ1) is 19.8. The topological polar surface area (TPSA) is 69.5 Å². The largest absolute Gasteiger partial charge is 0.466 e. The molecule has 3 heterocycles. The molecule has 0 radical (unpaired) electrons. The standard InChI is InChI=1S/C20H23F3N4O2/c1-3-29-18(28)6-12-14-9-26(10-15(12)14)17-7-16(20(21,22)23)13(8-24)19(25-17)27-5-4-11(27)2/h7,11-12,14-15H,3-6,9-10H2,1-2H3/t11-,12?,14-,15+/m0/s1. The molecule has 29 heavy (non-hydrogen) atoms. The minimum atomic E-state index is -4.62. The summed E-state index contributed by atoms with van der Waals surface area (Å²) in [5, 5.41) is 9.41. The molecule has 9 heteroatoms. The van der Waals surface area contributed by atoms with Crippen LogP contribution >= 0.6 is 0 Å². The maximum atomic E-state index is 13.7. The first-order valence-electron chi connectivity index (χ1n) is 9.94. The Labute approximate surface area is 167 Å². The van der Waals surface area contributed by atoms with Gasteiger partial charge in [-0.3, -0.25) is 4.79 Å². The van der Waals surface area contributed by atoms with E-state index in [1.54, 1.807) is 17.9 Å². The van der Waals surface area contributed by atoms with E-state index in [0.717, 1.165) is 12.5 Å². The van der Waals surface area contributed by atoms with Crippen molar-refractivity contribution in [2.75, 3.05) is 36.0 Å². The van der Waals surface area contributed by atoms with E-state index >= 15 is 0 Å². The molecular formula is C20H23F3N4O2. The van der Waals surface area contributed by atoms with E-state index in [9.17, 15) is 23.2 Å². The number of aromatic nitrogens is 1. The van der Waals surface area contributed by atoms with Crippen molar-refractivity contribution in [2.24, 2.45) is 17.8 Å². The lowest BCUT2D eigenvalue weighted by Gasteiger charge is -2.41. The molecule has 156 valence electrons. The predicted molar refractivity (Wildman–Crippen MR) is 99.3 cm³/mol. The average Bonchev–Trinajstić information content (AvgIpc) is 3.08. The third-order valence-electron chi connectivity index (χ3n) is 6.40. The SMILES string of the molecule is CCOC(=O)CC1[C@H]2CN(c3cc(C(F)(F)F)c(C#N)c(N4CC[C@@H]4C)n3)C[C@@H]12. The number of pyridine rings is 1. The lowest BCUT2D eigenvalue weighted by molar-refractivity contribution is -0.143. The van der Waals surface area contributed by atoms with Crippen LogP contribution in [0.25, 0.3) is 0 Å². The van der Waals surface area contributed by atoms with Gasteiger partial charge >= 0.3 is 12.1 Å². The lowest BCUT2D eigenvalue weighted by Crippen LogP contribution is -2.47. The van der Waals surface area contributed by atoms with Gasteiger partial charge in [0.2, 0.25) is 0 Å². The third kappa shape index (κ3) is 3.49. The van der Waals surface area contributed by atoms with E-state index in [2.05, 4.69) is 4.98 Å². The summed E-state index contributed by atoms with van der Waals surface area (Å²) in [6, 6.07) is 2.78. The smallest absolute Gasteiger partial charge is 0.417 e. The molecule has 0 amide bonds. The van der Waals surface area contributed by atoms with Crippen LogP contribution in [-0.4, -0.2) is 43.2 Å². The van der Waals surface area contributed by atoms with Crippen LogP contribution in [0.3, 0.4) is 0 Å². The van der Waals surface area contributed by atoms with Crippen LogP contribution in [0.2, 0.25) is 0 Å². The highest BCUT2D eigenvalue weighted by Crippen LogP contribution is 2.54. The second-order valence-corrected chi connectivity index (χ2v) is 8.07. The number of anilines is 2. The highest BCUT2D eigenvalue weighted by Gasteiger charge is 2.56. The fraction of sp³-hybridized carbons (Fsp3) is 0.650. The molecule has 0 aromatic carbocycles. The first-order chi connectivity index (χ1) is 13.7. The molecule has 3 aliphatic rings. The van der Waals surface area contributed by atoms with Gasteiger partial charge < -0.3 is 14.5 Å². The number of hydrogen-bond donors (Lipinski definition) is 0. The molecule has 1 unspecified atom stereocenters. The molecule has 4 rings (SSSR count). The summed E-state index contributed by atoms with van der Waals surface area (Å²) in [7, 11) is 0. The molecule has 0 spiro atoms. The zero-order valence-corrected chi connectivity index (χ0v) is 16.4. The highest BCUT2D eigenvalue weighted by molar-refractivity contribution is 5.70. The Morgan fingerprint density at radius 2 is 2.07 bits per heavy atom. The maximum absolute atomic E-state index is 13.7. The van der Waals surface area contributed by atoms with E-state index < -0.39 is 17.3 Å². The van der Waals surface area contributed by atoms with Crippen molar-refractivity contribution in [1.29, 1.82) is 5.26 Å². The third-order valence-corrected chi connectivity index (χ3v) is 6.40. The van der Waals surface area contributed by atoms with Crippen LogP contribution in [0.5, 0.6) is 0 Å². The normalized spacial score (nSPS) is 27.9. The Morgan fingerprint density at radius 1 is 1.38 bits per heavy atom. The fourth-order valence-corrected chi connectivity index (χ4v) is 4.60. The molecule has 0 bridgehead atoms. The van der Waals surface area contributed by atoms with Crippen LogP contribution in [0, 0.1) is 29.1 Å². The van der Waals surface area contributed by atoms with Crippen LogP contribution in [0.1, 0.15) is 37.8 Å². The van der Waals surface area contributed by atoms with Crippen LogP contribution < -0.4 is 9.80 Å². The zero-order valence-electron chi connectivity index (χ0n) is 16.4. The molecule has 1 aromatic heterocycles. The van der Waals surface area contributed by atoms with Gasteiger partial charge in [-0.2, -0.15) is 18.4 Å². The molecular weight excluding hydrogens is 385 g/mol. The van der Waals surface area contributed by atoms with Crippen molar-refractivity contribution in [3.8, 4) is 6.07 Å². The van der Waals surface area contributed by atoms with Crippen molar-refractivity contribution < 1.29 is 22.7 Å². The number of carbonyl (C=O) groups excluding carboxylic acids is 1. The first-order valence-corrected chi connectivity index (χ1v) is 9.94. The van der Waals surface area contributed by atoms with Gasteiger partial charge in [-0.1, -0.05) is 0 Å². The quantitative estimate of drug-likeness (QED) is 0.697. The number of rotatable bonds is 5. The van der Waals surface area contributed by atoms with Crippen LogP contribution in [0.4, 0.5) is 24.8 Å². The monoisotopic (exact) mass is 408 g/mol. The Balaban J connectivity index is 1.57. The Hall–Kier alpha value is -2.50. The number of hydrogen-bond acceptors (Lipinski definition) is 6. The van der Waals surface area contributed by atoms with Crippen LogP contribution in [0.15, 0.2) is 6.07 Å². The number of nitrogens with zero attached hydrogens (tertiary/aromatic N) is 4. The van der Waals surface area contributed by atoms with Gasteiger partial charge in [0, 0.05) is 32.1 Å². The summed E-state index contributed by atoms with van der Waals surface area (Å²) in [6.07, 6.45) is -3.40. The Bertz CT molecular complexity index is 855. The van der Waals surface area contributed by atoms with E-state index in [1.807, 2.05) is 11.8 Å². The summed E-state index contributed by atoms with van der Waals surface area (Å²) in [5.74, 6) is 0.950. The molecule has 1 aliphatic carbocycles. The second kappa shape index (κ2) is 7.08. The highest BCUT2D eigenvalue weighted by atomic mass is 19.4.